The lowest BCUT2D eigenvalue weighted by molar-refractivity contribution is -0.115. The van der Waals surface area contributed by atoms with Crippen molar-refractivity contribution in [1.82, 2.24) is 0 Å². The number of nitrogens with one attached hydrogen (secondary N) is 1. The van der Waals surface area contributed by atoms with Gasteiger partial charge in [0.25, 0.3) is 0 Å². The maximum Gasteiger partial charge on any atom is 0.228 e. The van der Waals surface area contributed by atoms with Crippen molar-refractivity contribution < 1.29 is 9.18 Å². The molecule has 0 aliphatic heterocycles. The molecule has 0 aliphatic carbocycles. The van der Waals surface area contributed by atoms with E-state index in [1.807, 2.05) is 0 Å². The van der Waals surface area contributed by atoms with Crippen molar-refractivity contribution in [2.45, 2.75) is 13.3 Å². The third-order valence-electron chi connectivity index (χ3n) is 2.82. The summed E-state index contributed by atoms with van der Waals surface area (Å²) in [6, 6.07) is 9.50. The van der Waals surface area contributed by atoms with Gasteiger partial charge in [-0.1, -0.05) is 35.3 Å². The SMILES string of the molecule is Cc1ccc(NC(=O)Cc2ccc(Cl)cc2Cl)cc1F. The molecule has 1 N–H and O–H groups in total. The first-order valence-corrected chi connectivity index (χ1v) is 6.71. The lowest BCUT2D eigenvalue weighted by Gasteiger charge is -2.08. The second-order valence-corrected chi connectivity index (χ2v) is 5.27. The summed E-state index contributed by atoms with van der Waals surface area (Å²) in [5.41, 5.74) is 1.62. The molecule has 2 aromatic carbocycles. The Kier molecular flexibility index (Phi) is 4.63. The molecule has 2 aromatic rings. The van der Waals surface area contributed by atoms with Crippen LogP contribution in [0.5, 0.6) is 0 Å². The molecule has 2 nitrogen and oxygen atoms in total. The van der Waals surface area contributed by atoms with Crippen molar-refractivity contribution in [3.8, 4) is 0 Å². The molecule has 0 fully saturated rings. The fourth-order valence-electron chi connectivity index (χ4n) is 1.71. The number of benzene rings is 2. The summed E-state index contributed by atoms with van der Waals surface area (Å²) >= 11 is 11.8. The molecule has 0 saturated carbocycles. The predicted molar refractivity (Wildman–Crippen MR) is 79.9 cm³/mol. The van der Waals surface area contributed by atoms with E-state index in [9.17, 15) is 9.18 Å². The molecule has 0 atom stereocenters. The largest absolute Gasteiger partial charge is 0.326 e. The molecule has 104 valence electrons. The average Bonchev–Trinajstić information content (AvgIpc) is 2.37. The Morgan fingerprint density at radius 3 is 2.60 bits per heavy atom. The second kappa shape index (κ2) is 6.25. The van der Waals surface area contributed by atoms with Gasteiger partial charge in [-0.3, -0.25) is 4.79 Å². The van der Waals surface area contributed by atoms with Crippen molar-refractivity contribution in [1.29, 1.82) is 0 Å². The average molecular weight is 312 g/mol. The van der Waals surface area contributed by atoms with Crippen LogP contribution >= 0.6 is 23.2 Å². The summed E-state index contributed by atoms with van der Waals surface area (Å²) in [7, 11) is 0. The van der Waals surface area contributed by atoms with Crippen molar-refractivity contribution in [2.75, 3.05) is 5.32 Å². The molecule has 0 aromatic heterocycles. The Labute approximate surface area is 126 Å². The minimum Gasteiger partial charge on any atom is -0.326 e. The van der Waals surface area contributed by atoms with Crippen LogP contribution < -0.4 is 5.32 Å². The summed E-state index contributed by atoms with van der Waals surface area (Å²) < 4.78 is 13.4. The zero-order valence-corrected chi connectivity index (χ0v) is 12.2. The van der Waals surface area contributed by atoms with E-state index in [2.05, 4.69) is 5.32 Å². The zero-order valence-electron chi connectivity index (χ0n) is 10.7. The monoisotopic (exact) mass is 311 g/mol. The Hall–Kier alpha value is -1.58. The van der Waals surface area contributed by atoms with Gasteiger partial charge in [0.05, 0.1) is 6.42 Å². The van der Waals surface area contributed by atoms with E-state index >= 15 is 0 Å². The molecule has 0 aliphatic rings. The number of anilines is 1. The van der Waals surface area contributed by atoms with Gasteiger partial charge in [-0.25, -0.2) is 4.39 Å². The van der Waals surface area contributed by atoms with Crippen LogP contribution in [0.2, 0.25) is 10.0 Å². The smallest absolute Gasteiger partial charge is 0.228 e. The van der Waals surface area contributed by atoms with Crippen LogP contribution in [0.3, 0.4) is 0 Å². The number of halogens is 3. The Morgan fingerprint density at radius 1 is 1.20 bits per heavy atom. The number of aryl methyl sites for hydroxylation is 1. The van der Waals surface area contributed by atoms with Gasteiger partial charge < -0.3 is 5.32 Å². The Morgan fingerprint density at radius 2 is 1.95 bits per heavy atom. The number of rotatable bonds is 3. The number of hydrogen-bond donors (Lipinski definition) is 1. The topological polar surface area (TPSA) is 29.1 Å². The maximum atomic E-state index is 13.4. The van der Waals surface area contributed by atoms with E-state index < -0.39 is 0 Å². The van der Waals surface area contributed by atoms with Crippen LogP contribution in [0.25, 0.3) is 0 Å². The van der Waals surface area contributed by atoms with E-state index in [4.69, 9.17) is 23.2 Å². The lowest BCUT2D eigenvalue weighted by atomic mass is 10.1. The third kappa shape index (κ3) is 3.71. The van der Waals surface area contributed by atoms with Crippen LogP contribution in [-0.4, -0.2) is 5.91 Å². The quantitative estimate of drug-likeness (QED) is 0.880. The normalized spacial score (nSPS) is 10.4. The van der Waals surface area contributed by atoms with E-state index in [1.165, 1.54) is 6.07 Å². The highest BCUT2D eigenvalue weighted by Gasteiger charge is 2.09. The first-order chi connectivity index (χ1) is 9.45. The highest BCUT2D eigenvalue weighted by atomic mass is 35.5. The predicted octanol–water partition coefficient (Wildman–Crippen LogP) is 4.62. The Balaban J connectivity index is 2.07. The summed E-state index contributed by atoms with van der Waals surface area (Å²) in [4.78, 5) is 11.9. The van der Waals surface area contributed by atoms with Gasteiger partial charge in [0.15, 0.2) is 0 Å². The van der Waals surface area contributed by atoms with E-state index in [-0.39, 0.29) is 18.1 Å². The number of hydrogen-bond acceptors (Lipinski definition) is 1. The van der Waals surface area contributed by atoms with Crippen LogP contribution in [0.15, 0.2) is 36.4 Å². The first kappa shape index (κ1) is 14.8. The molecule has 0 bridgehead atoms. The molecular weight excluding hydrogens is 300 g/mol. The number of carbonyl (C=O) groups excluding carboxylic acids is 1. The van der Waals surface area contributed by atoms with Gasteiger partial charge in [0.1, 0.15) is 5.82 Å². The highest BCUT2D eigenvalue weighted by Crippen LogP contribution is 2.22. The van der Waals surface area contributed by atoms with Crippen LogP contribution in [-0.2, 0) is 11.2 Å². The van der Waals surface area contributed by atoms with Crippen molar-refractivity contribution in [3.63, 3.8) is 0 Å². The van der Waals surface area contributed by atoms with Crippen molar-refractivity contribution in [2.24, 2.45) is 0 Å². The standard InChI is InChI=1S/C15H12Cl2FNO/c1-9-2-5-12(8-14(9)18)19-15(20)6-10-3-4-11(16)7-13(10)17/h2-5,7-8H,6H2,1H3,(H,19,20). The summed E-state index contributed by atoms with van der Waals surface area (Å²) in [5.74, 6) is -0.621. The van der Waals surface area contributed by atoms with Gasteiger partial charge in [-0.15, -0.1) is 0 Å². The minimum atomic E-state index is -0.354. The van der Waals surface area contributed by atoms with Gasteiger partial charge in [-0.2, -0.15) is 0 Å². The fourth-order valence-corrected chi connectivity index (χ4v) is 2.19. The van der Waals surface area contributed by atoms with E-state index in [0.717, 1.165) is 0 Å². The van der Waals surface area contributed by atoms with Crippen LogP contribution in [0.4, 0.5) is 10.1 Å². The molecule has 0 radical (unpaired) electrons. The third-order valence-corrected chi connectivity index (χ3v) is 3.41. The molecular formula is C15H12Cl2FNO. The minimum absolute atomic E-state index is 0.103. The lowest BCUT2D eigenvalue weighted by Crippen LogP contribution is -2.14. The molecule has 2 rings (SSSR count). The van der Waals surface area contributed by atoms with Gasteiger partial charge >= 0.3 is 0 Å². The number of amides is 1. The molecule has 5 heteroatoms. The molecule has 20 heavy (non-hydrogen) atoms. The summed E-state index contributed by atoms with van der Waals surface area (Å²) in [5, 5.41) is 3.58. The van der Waals surface area contributed by atoms with Gasteiger partial charge in [0.2, 0.25) is 5.91 Å². The van der Waals surface area contributed by atoms with Crippen LogP contribution in [0.1, 0.15) is 11.1 Å². The first-order valence-electron chi connectivity index (χ1n) is 5.95. The Bertz CT molecular complexity index is 658. The maximum absolute atomic E-state index is 13.4. The summed E-state index contributed by atoms with van der Waals surface area (Å²) in [6.07, 6.45) is 0.103. The van der Waals surface area contributed by atoms with Crippen molar-refractivity contribution in [3.05, 3.63) is 63.4 Å². The second-order valence-electron chi connectivity index (χ2n) is 4.42. The molecule has 0 unspecified atom stereocenters. The zero-order chi connectivity index (χ0) is 14.7. The summed E-state index contributed by atoms with van der Waals surface area (Å²) in [6.45, 7) is 1.66. The van der Waals surface area contributed by atoms with E-state index in [1.54, 1.807) is 37.3 Å². The van der Waals surface area contributed by atoms with Crippen molar-refractivity contribution >= 4 is 34.8 Å². The molecule has 1 amide bonds. The van der Waals surface area contributed by atoms with Crippen LogP contribution in [0, 0.1) is 12.7 Å². The number of carbonyl (C=O) groups is 1. The molecule has 0 heterocycles. The molecule has 0 spiro atoms. The fraction of sp³-hybridized carbons (Fsp3) is 0.133. The van der Waals surface area contributed by atoms with E-state index in [0.29, 0.717) is 26.9 Å². The van der Waals surface area contributed by atoms with Gasteiger partial charge in [-0.05, 0) is 42.3 Å². The molecule has 0 saturated heterocycles. The van der Waals surface area contributed by atoms with Gasteiger partial charge in [0, 0.05) is 15.7 Å². The highest BCUT2D eigenvalue weighted by molar-refractivity contribution is 6.35.